The van der Waals surface area contributed by atoms with Gasteiger partial charge in [0, 0.05) is 119 Å². The second-order valence-corrected chi connectivity index (χ2v) is 18.6. The molecule has 4 aromatic rings. The van der Waals surface area contributed by atoms with Crippen molar-refractivity contribution in [3.63, 3.8) is 0 Å². The minimum absolute atomic E-state index is 0.00349. The average molecular weight is 882 g/mol. The van der Waals surface area contributed by atoms with Crippen LogP contribution in [-0.4, -0.2) is 161 Å². The largest absolute Gasteiger partial charge is 0.507 e. The molecule has 18 nitrogen and oxygen atoms in total. The van der Waals surface area contributed by atoms with Crippen molar-refractivity contribution in [3.05, 3.63) is 83.9 Å². The standard InChI is InChI=1S/C47H51N11O7/c48-42-39(22-37(50-51-42)35-6-1-2-7-40(35)59)54-23-31-8-9-32(24-54)57(31)30-4-3-5-33(20-30)65-19-18-52-14-16-53(17-15-52)46(64)56-27-47(28-56)25-55(26-47)29-10-11-34-36(21-29)45(63)58(44(34)62)38-12-13-41(60)49-43(38)61/h1-7,10-11,20-22,31-32,38,59H,8-9,12-19,23-28H2,(H2,48,51)(H,49,60,61). The number of nitrogen functional groups attached to an aromatic ring is 1. The normalized spacial score (nSPS) is 23.7. The number of carbonyl (C=O) groups excluding carboxylic acids is 5. The van der Waals surface area contributed by atoms with Crippen molar-refractivity contribution in [2.45, 2.75) is 43.8 Å². The summed E-state index contributed by atoms with van der Waals surface area (Å²) in [6.07, 6.45) is 2.34. The first kappa shape index (κ1) is 40.8. The molecule has 18 heteroatoms. The summed E-state index contributed by atoms with van der Waals surface area (Å²) in [5.41, 5.74) is 10.9. The SMILES string of the molecule is Nc1nnc(-c2ccccc2O)cc1N1CC2CCC(C1)N2c1cccc(OCCN2CCN(C(=O)N3CC4(C3)CN(c3ccc5c(c3)C(=O)N(C3CCC(=O)NC3=O)C5=O)C4)CC2)c1. The summed E-state index contributed by atoms with van der Waals surface area (Å²) in [6, 6.07) is 22.3. The fraction of sp³-hybridized carbons (Fsp3) is 0.426. The van der Waals surface area contributed by atoms with Gasteiger partial charge in [0.15, 0.2) is 5.82 Å². The second-order valence-electron chi connectivity index (χ2n) is 18.6. The molecule has 3 atom stereocenters. The average Bonchev–Trinajstić information content (AvgIpc) is 3.69. The third-order valence-electron chi connectivity index (χ3n) is 14.4. The third kappa shape index (κ3) is 7.29. The molecule has 3 aromatic carbocycles. The number of hydrogen-bond acceptors (Lipinski definition) is 14. The van der Waals surface area contributed by atoms with Crippen LogP contribution in [0.3, 0.4) is 0 Å². The number of nitrogens with zero attached hydrogens (tertiary/aromatic N) is 9. The third-order valence-corrected chi connectivity index (χ3v) is 14.4. The van der Waals surface area contributed by atoms with E-state index in [4.69, 9.17) is 10.5 Å². The number of ether oxygens (including phenoxy) is 1. The first-order valence-electron chi connectivity index (χ1n) is 22.6. The number of urea groups is 1. The Morgan fingerprint density at radius 2 is 1.52 bits per heavy atom. The summed E-state index contributed by atoms with van der Waals surface area (Å²) in [6.45, 7) is 8.62. The molecule has 6 fully saturated rings. The molecular formula is C47H51N11O7. The van der Waals surface area contributed by atoms with Crippen LogP contribution >= 0.6 is 0 Å². The fourth-order valence-corrected chi connectivity index (χ4v) is 11.1. The van der Waals surface area contributed by atoms with Crippen molar-refractivity contribution in [2.24, 2.45) is 5.41 Å². The van der Waals surface area contributed by atoms with Crippen LogP contribution in [-0.2, 0) is 9.59 Å². The highest BCUT2D eigenvalue weighted by atomic mass is 16.5. The molecule has 3 unspecified atom stereocenters. The van der Waals surface area contributed by atoms with E-state index in [1.165, 1.54) is 0 Å². The van der Waals surface area contributed by atoms with Gasteiger partial charge in [0.1, 0.15) is 24.1 Å². The predicted octanol–water partition coefficient (Wildman–Crippen LogP) is 2.63. The van der Waals surface area contributed by atoms with E-state index in [0.717, 1.165) is 86.4 Å². The lowest BCUT2D eigenvalue weighted by atomic mass is 9.72. The molecule has 0 saturated carbocycles. The van der Waals surface area contributed by atoms with Crippen molar-refractivity contribution < 1.29 is 33.8 Å². The van der Waals surface area contributed by atoms with Gasteiger partial charge in [0.2, 0.25) is 11.8 Å². The van der Waals surface area contributed by atoms with Crippen molar-refractivity contribution in [2.75, 3.05) is 99.0 Å². The summed E-state index contributed by atoms with van der Waals surface area (Å²) < 4.78 is 6.31. The number of carbonyl (C=O) groups is 5. The Morgan fingerprint density at radius 1 is 0.769 bits per heavy atom. The van der Waals surface area contributed by atoms with Crippen LogP contribution in [0.1, 0.15) is 46.4 Å². The number of phenolic OH excluding ortho intramolecular Hbond substituents is 1. The molecule has 6 saturated heterocycles. The number of piperidine rings is 1. The molecule has 7 aliphatic heterocycles. The Bertz CT molecular complexity index is 2590. The number of piperazine rings is 2. The van der Waals surface area contributed by atoms with Gasteiger partial charge in [-0.1, -0.05) is 18.2 Å². The lowest BCUT2D eigenvalue weighted by molar-refractivity contribution is -0.136. The Kier molecular flexibility index (Phi) is 10.0. The quantitative estimate of drug-likeness (QED) is 0.207. The maximum Gasteiger partial charge on any atom is 0.320 e. The van der Waals surface area contributed by atoms with E-state index in [2.05, 4.69) is 53.3 Å². The maximum absolute atomic E-state index is 13.5. The summed E-state index contributed by atoms with van der Waals surface area (Å²) in [5.74, 6) is -0.685. The maximum atomic E-state index is 13.5. The second kappa shape index (κ2) is 15.9. The molecule has 0 aliphatic carbocycles. The number of aromatic nitrogens is 2. The topological polar surface area (TPSA) is 201 Å². The number of anilines is 4. The number of nitrogens with two attached hydrogens (primary N) is 1. The van der Waals surface area contributed by atoms with E-state index < -0.39 is 29.7 Å². The molecule has 65 heavy (non-hydrogen) atoms. The molecule has 2 bridgehead atoms. The molecule has 11 rings (SSSR count). The van der Waals surface area contributed by atoms with Crippen molar-refractivity contribution in [1.29, 1.82) is 0 Å². The highest BCUT2D eigenvalue weighted by Crippen LogP contribution is 2.44. The minimum atomic E-state index is -0.996. The van der Waals surface area contributed by atoms with Gasteiger partial charge in [0.25, 0.3) is 11.8 Å². The number of benzene rings is 3. The van der Waals surface area contributed by atoms with E-state index in [9.17, 15) is 29.1 Å². The summed E-state index contributed by atoms with van der Waals surface area (Å²) >= 11 is 0. The summed E-state index contributed by atoms with van der Waals surface area (Å²) in [4.78, 5) is 78.2. The summed E-state index contributed by atoms with van der Waals surface area (Å²) in [7, 11) is 0. The van der Waals surface area contributed by atoms with Crippen LogP contribution < -0.4 is 30.5 Å². The number of likely N-dealkylation sites (tertiary alicyclic amines) is 1. The van der Waals surface area contributed by atoms with Crippen LogP contribution in [0, 0.1) is 5.41 Å². The molecule has 4 N–H and O–H groups in total. The zero-order valence-electron chi connectivity index (χ0n) is 36.0. The van der Waals surface area contributed by atoms with E-state index in [1.807, 2.05) is 40.1 Å². The Balaban J connectivity index is 0.623. The van der Waals surface area contributed by atoms with Gasteiger partial charge in [-0.3, -0.25) is 34.3 Å². The van der Waals surface area contributed by atoms with Crippen LogP contribution in [0.5, 0.6) is 11.5 Å². The molecule has 336 valence electrons. The predicted molar refractivity (Wildman–Crippen MR) is 240 cm³/mol. The Morgan fingerprint density at radius 3 is 2.28 bits per heavy atom. The smallest absolute Gasteiger partial charge is 0.320 e. The lowest BCUT2D eigenvalue weighted by Gasteiger charge is -2.61. The number of hydrogen-bond donors (Lipinski definition) is 3. The fourth-order valence-electron chi connectivity index (χ4n) is 11.1. The number of nitrogens with one attached hydrogen (secondary N) is 1. The molecule has 0 radical (unpaired) electrons. The van der Waals surface area contributed by atoms with Crippen LogP contribution in [0.4, 0.5) is 27.7 Å². The van der Waals surface area contributed by atoms with Crippen molar-refractivity contribution in [3.8, 4) is 22.8 Å². The van der Waals surface area contributed by atoms with E-state index in [1.54, 1.807) is 24.3 Å². The Hall–Kier alpha value is -6.95. The van der Waals surface area contributed by atoms with E-state index in [-0.39, 0.29) is 41.2 Å². The monoisotopic (exact) mass is 881 g/mol. The zero-order chi connectivity index (χ0) is 44.6. The van der Waals surface area contributed by atoms with Gasteiger partial charge >= 0.3 is 6.03 Å². The van der Waals surface area contributed by atoms with E-state index >= 15 is 0 Å². The van der Waals surface area contributed by atoms with Crippen LogP contribution in [0.15, 0.2) is 72.8 Å². The number of para-hydroxylation sites is 1. The van der Waals surface area contributed by atoms with Gasteiger partial charge < -0.3 is 40.1 Å². The molecule has 7 aliphatic rings. The number of phenols is 1. The molecular weight excluding hydrogens is 831 g/mol. The number of fused-ring (bicyclic) bond motifs is 3. The van der Waals surface area contributed by atoms with Crippen LogP contribution in [0.2, 0.25) is 0 Å². The minimum Gasteiger partial charge on any atom is -0.507 e. The molecule has 6 amide bonds. The lowest BCUT2D eigenvalue weighted by Crippen LogP contribution is -2.74. The molecule has 8 heterocycles. The van der Waals surface area contributed by atoms with Crippen LogP contribution in [0.25, 0.3) is 11.3 Å². The van der Waals surface area contributed by atoms with Gasteiger partial charge in [0.05, 0.1) is 22.5 Å². The highest BCUT2D eigenvalue weighted by Gasteiger charge is 2.54. The van der Waals surface area contributed by atoms with Gasteiger partial charge in [-0.2, -0.15) is 0 Å². The zero-order valence-corrected chi connectivity index (χ0v) is 36.0. The first-order valence-corrected chi connectivity index (χ1v) is 22.6. The van der Waals surface area contributed by atoms with Crippen molar-refractivity contribution in [1.82, 2.24) is 35.1 Å². The van der Waals surface area contributed by atoms with Gasteiger partial charge in [-0.25, -0.2) is 4.79 Å². The summed E-state index contributed by atoms with van der Waals surface area (Å²) in [5, 5.41) is 21.2. The highest BCUT2D eigenvalue weighted by molar-refractivity contribution is 6.23. The van der Waals surface area contributed by atoms with Crippen molar-refractivity contribution >= 4 is 52.5 Å². The number of amides is 6. The number of rotatable bonds is 9. The number of aromatic hydroxyl groups is 1. The van der Waals surface area contributed by atoms with Gasteiger partial charge in [-0.15, -0.1) is 10.2 Å². The van der Waals surface area contributed by atoms with Gasteiger partial charge in [-0.05, 0) is 67.8 Å². The Labute approximate surface area is 375 Å². The number of imide groups is 2. The molecule has 1 aromatic heterocycles. The first-order chi connectivity index (χ1) is 31.5. The van der Waals surface area contributed by atoms with E-state index in [0.29, 0.717) is 61.9 Å². The molecule has 1 spiro atoms.